The molecular formula is C10H15N3O. The Balaban J connectivity index is 2.11. The summed E-state index contributed by atoms with van der Waals surface area (Å²) in [6.45, 7) is 2.21. The molecular weight excluding hydrogens is 178 g/mol. The molecule has 2 unspecified atom stereocenters. The quantitative estimate of drug-likeness (QED) is 0.745. The molecule has 0 saturated heterocycles. The maximum Gasteiger partial charge on any atom is 0.290 e. The van der Waals surface area contributed by atoms with E-state index in [4.69, 9.17) is 0 Å². The third-order valence-electron chi connectivity index (χ3n) is 2.89. The Hall–Kier alpha value is -1.32. The Morgan fingerprint density at radius 2 is 2.43 bits per heavy atom. The summed E-state index contributed by atoms with van der Waals surface area (Å²) in [5.41, 5.74) is -0.133. The molecule has 0 aromatic carbocycles. The number of hydrogen-bond acceptors (Lipinski definition) is 3. The van der Waals surface area contributed by atoms with Crippen LogP contribution in [0.15, 0.2) is 17.2 Å². The average molecular weight is 193 g/mol. The molecule has 1 aromatic heterocycles. The van der Waals surface area contributed by atoms with Gasteiger partial charge >= 0.3 is 0 Å². The summed E-state index contributed by atoms with van der Waals surface area (Å²) in [7, 11) is 0. The highest BCUT2D eigenvalue weighted by Gasteiger charge is 2.23. The van der Waals surface area contributed by atoms with Crippen LogP contribution in [0.4, 0.5) is 5.82 Å². The van der Waals surface area contributed by atoms with E-state index in [1.54, 1.807) is 12.4 Å². The number of H-pyrrole nitrogens is 1. The summed E-state index contributed by atoms with van der Waals surface area (Å²) >= 11 is 0. The first-order chi connectivity index (χ1) is 6.77. The van der Waals surface area contributed by atoms with Crippen LogP contribution >= 0.6 is 0 Å². The summed E-state index contributed by atoms with van der Waals surface area (Å²) in [6, 6.07) is 0.408. The lowest BCUT2D eigenvalue weighted by Crippen LogP contribution is -2.26. The summed E-state index contributed by atoms with van der Waals surface area (Å²) in [4.78, 5) is 18.0. The van der Waals surface area contributed by atoms with Gasteiger partial charge in [-0.1, -0.05) is 13.3 Å². The zero-order chi connectivity index (χ0) is 9.97. The van der Waals surface area contributed by atoms with Crippen molar-refractivity contribution in [1.29, 1.82) is 0 Å². The molecule has 0 amide bonds. The lowest BCUT2D eigenvalue weighted by atomic mass is 10.1. The predicted molar refractivity (Wildman–Crippen MR) is 55.3 cm³/mol. The number of nitrogens with zero attached hydrogens (tertiary/aromatic N) is 1. The van der Waals surface area contributed by atoms with Gasteiger partial charge in [0.2, 0.25) is 0 Å². The SMILES string of the molecule is CC1CCCC1Nc1ncc[nH]c1=O. The van der Waals surface area contributed by atoms with Crippen molar-refractivity contribution in [3.63, 3.8) is 0 Å². The Labute approximate surface area is 82.8 Å². The zero-order valence-electron chi connectivity index (χ0n) is 8.29. The fourth-order valence-electron chi connectivity index (χ4n) is 1.99. The highest BCUT2D eigenvalue weighted by molar-refractivity contribution is 5.32. The van der Waals surface area contributed by atoms with Gasteiger partial charge in [0.05, 0.1) is 0 Å². The summed E-state index contributed by atoms with van der Waals surface area (Å²) in [5.74, 6) is 1.09. The molecule has 0 bridgehead atoms. The van der Waals surface area contributed by atoms with Crippen LogP contribution in [0.25, 0.3) is 0 Å². The highest BCUT2D eigenvalue weighted by Crippen LogP contribution is 2.26. The van der Waals surface area contributed by atoms with Gasteiger partial charge in [-0.3, -0.25) is 4.79 Å². The molecule has 0 radical (unpaired) electrons. The minimum atomic E-state index is -0.133. The molecule has 2 rings (SSSR count). The fourth-order valence-corrected chi connectivity index (χ4v) is 1.99. The van der Waals surface area contributed by atoms with E-state index < -0.39 is 0 Å². The number of aromatic amines is 1. The van der Waals surface area contributed by atoms with Crippen LogP contribution in [0.2, 0.25) is 0 Å². The molecule has 1 aliphatic rings. The Kier molecular flexibility index (Phi) is 2.52. The van der Waals surface area contributed by atoms with E-state index in [0.717, 1.165) is 6.42 Å². The smallest absolute Gasteiger partial charge is 0.290 e. The third kappa shape index (κ3) is 1.78. The summed E-state index contributed by atoms with van der Waals surface area (Å²) in [6.07, 6.45) is 6.76. The van der Waals surface area contributed by atoms with Gasteiger partial charge in [0, 0.05) is 18.4 Å². The monoisotopic (exact) mass is 193 g/mol. The van der Waals surface area contributed by atoms with Gasteiger partial charge in [-0.15, -0.1) is 0 Å². The van der Waals surface area contributed by atoms with Gasteiger partial charge in [-0.2, -0.15) is 0 Å². The summed E-state index contributed by atoms with van der Waals surface area (Å²) < 4.78 is 0. The van der Waals surface area contributed by atoms with E-state index in [0.29, 0.717) is 17.8 Å². The van der Waals surface area contributed by atoms with Crippen molar-refractivity contribution in [1.82, 2.24) is 9.97 Å². The van der Waals surface area contributed by atoms with Gasteiger partial charge in [-0.25, -0.2) is 4.98 Å². The van der Waals surface area contributed by atoms with Crippen LogP contribution in [0, 0.1) is 5.92 Å². The first-order valence-corrected chi connectivity index (χ1v) is 5.07. The van der Waals surface area contributed by atoms with E-state index in [1.165, 1.54) is 12.8 Å². The molecule has 1 fully saturated rings. The molecule has 2 N–H and O–H groups in total. The minimum absolute atomic E-state index is 0.133. The van der Waals surface area contributed by atoms with Crippen LogP contribution in [-0.4, -0.2) is 16.0 Å². The minimum Gasteiger partial charge on any atom is -0.362 e. The Bertz CT molecular complexity index is 360. The van der Waals surface area contributed by atoms with Crippen molar-refractivity contribution in [3.8, 4) is 0 Å². The molecule has 14 heavy (non-hydrogen) atoms. The van der Waals surface area contributed by atoms with Crippen molar-refractivity contribution in [2.24, 2.45) is 5.92 Å². The van der Waals surface area contributed by atoms with Gasteiger partial charge in [-0.05, 0) is 18.8 Å². The fraction of sp³-hybridized carbons (Fsp3) is 0.600. The summed E-state index contributed by atoms with van der Waals surface area (Å²) in [5, 5.41) is 3.20. The largest absolute Gasteiger partial charge is 0.362 e. The molecule has 0 spiro atoms. The number of aromatic nitrogens is 2. The van der Waals surface area contributed by atoms with Crippen molar-refractivity contribution in [2.45, 2.75) is 32.2 Å². The van der Waals surface area contributed by atoms with Crippen molar-refractivity contribution < 1.29 is 0 Å². The lowest BCUT2D eigenvalue weighted by molar-refractivity contribution is 0.554. The van der Waals surface area contributed by atoms with E-state index in [-0.39, 0.29) is 5.56 Å². The second-order valence-corrected chi connectivity index (χ2v) is 3.93. The number of nitrogens with one attached hydrogen (secondary N) is 2. The molecule has 1 heterocycles. The average Bonchev–Trinajstić information content (AvgIpc) is 2.56. The third-order valence-corrected chi connectivity index (χ3v) is 2.89. The molecule has 4 heteroatoms. The molecule has 1 saturated carbocycles. The second kappa shape index (κ2) is 3.82. The topological polar surface area (TPSA) is 57.8 Å². The van der Waals surface area contributed by atoms with Crippen LogP contribution in [0.1, 0.15) is 26.2 Å². The van der Waals surface area contributed by atoms with Crippen LogP contribution in [0.5, 0.6) is 0 Å². The van der Waals surface area contributed by atoms with Crippen molar-refractivity contribution in [2.75, 3.05) is 5.32 Å². The van der Waals surface area contributed by atoms with Crippen LogP contribution in [0.3, 0.4) is 0 Å². The Morgan fingerprint density at radius 1 is 1.57 bits per heavy atom. The van der Waals surface area contributed by atoms with E-state index in [2.05, 4.69) is 22.2 Å². The van der Waals surface area contributed by atoms with Gasteiger partial charge in [0.25, 0.3) is 5.56 Å². The normalized spacial score (nSPS) is 26.4. The Morgan fingerprint density at radius 3 is 3.07 bits per heavy atom. The van der Waals surface area contributed by atoms with Crippen LogP contribution in [-0.2, 0) is 0 Å². The molecule has 4 nitrogen and oxygen atoms in total. The first kappa shape index (κ1) is 9.24. The molecule has 76 valence electrons. The number of hydrogen-bond donors (Lipinski definition) is 2. The highest BCUT2D eigenvalue weighted by atomic mass is 16.1. The van der Waals surface area contributed by atoms with Crippen LogP contribution < -0.4 is 10.9 Å². The molecule has 2 atom stereocenters. The van der Waals surface area contributed by atoms with Gasteiger partial charge in [0.15, 0.2) is 5.82 Å². The van der Waals surface area contributed by atoms with Gasteiger partial charge in [0.1, 0.15) is 0 Å². The van der Waals surface area contributed by atoms with Crippen molar-refractivity contribution in [3.05, 3.63) is 22.7 Å². The number of rotatable bonds is 2. The second-order valence-electron chi connectivity index (χ2n) is 3.93. The maximum atomic E-state index is 11.3. The van der Waals surface area contributed by atoms with E-state index in [9.17, 15) is 4.79 Å². The predicted octanol–water partition coefficient (Wildman–Crippen LogP) is 1.37. The number of anilines is 1. The van der Waals surface area contributed by atoms with Gasteiger partial charge < -0.3 is 10.3 Å². The lowest BCUT2D eigenvalue weighted by Gasteiger charge is -2.16. The van der Waals surface area contributed by atoms with E-state index in [1.807, 2.05) is 0 Å². The molecule has 1 aromatic rings. The van der Waals surface area contributed by atoms with E-state index >= 15 is 0 Å². The standard InChI is InChI=1S/C10H15N3O/c1-7-3-2-4-8(7)13-9-10(14)12-6-5-11-9/h5-8H,2-4H2,1H3,(H,11,13)(H,12,14). The maximum absolute atomic E-state index is 11.3. The molecule has 1 aliphatic carbocycles. The first-order valence-electron chi connectivity index (χ1n) is 5.07. The van der Waals surface area contributed by atoms with Crippen molar-refractivity contribution >= 4 is 5.82 Å². The zero-order valence-corrected chi connectivity index (χ0v) is 8.29. The molecule has 0 aliphatic heterocycles.